The molecule has 0 bridgehead atoms. The van der Waals surface area contributed by atoms with Crippen molar-refractivity contribution in [1.82, 2.24) is 4.90 Å². The molecule has 0 amide bonds. The second kappa shape index (κ2) is 5.23. The van der Waals surface area contributed by atoms with Gasteiger partial charge in [0.1, 0.15) is 6.23 Å². The van der Waals surface area contributed by atoms with Crippen LogP contribution in [0.4, 0.5) is 0 Å². The van der Waals surface area contributed by atoms with E-state index in [1.165, 1.54) is 0 Å². The lowest BCUT2D eigenvalue weighted by atomic mass is 10.3. The summed E-state index contributed by atoms with van der Waals surface area (Å²) in [6.45, 7) is 2.04. The maximum Gasteiger partial charge on any atom is 0.127 e. The van der Waals surface area contributed by atoms with Gasteiger partial charge < -0.3 is 10.0 Å². The first-order chi connectivity index (χ1) is 4.72. The molecule has 1 N–H and O–H groups in total. The summed E-state index contributed by atoms with van der Waals surface area (Å²) in [5, 5.41) is 9.28. The average Bonchev–Trinajstić information content (AvgIpc) is 1.89. The van der Waals surface area contributed by atoms with Crippen LogP contribution in [0.5, 0.6) is 0 Å². The highest BCUT2D eigenvalue weighted by Crippen LogP contribution is 1.97. The Bertz CT molecular complexity index is 104. The SMILES string of the molecule is CCCC(O)N(C)C=NC. The van der Waals surface area contributed by atoms with Gasteiger partial charge in [-0.3, -0.25) is 4.99 Å². The van der Waals surface area contributed by atoms with Gasteiger partial charge >= 0.3 is 0 Å². The van der Waals surface area contributed by atoms with Gasteiger partial charge in [0, 0.05) is 14.1 Å². The zero-order valence-electron chi connectivity index (χ0n) is 6.91. The Morgan fingerprint density at radius 1 is 1.70 bits per heavy atom. The quantitative estimate of drug-likeness (QED) is 0.358. The Morgan fingerprint density at radius 2 is 2.30 bits per heavy atom. The number of rotatable bonds is 4. The van der Waals surface area contributed by atoms with Crippen LogP contribution in [0.1, 0.15) is 19.8 Å². The minimum absolute atomic E-state index is 0.381. The second-order valence-electron chi connectivity index (χ2n) is 2.31. The first-order valence-electron chi connectivity index (χ1n) is 3.54. The van der Waals surface area contributed by atoms with Gasteiger partial charge in [0.05, 0.1) is 6.34 Å². The van der Waals surface area contributed by atoms with Crippen molar-refractivity contribution in [2.45, 2.75) is 26.0 Å². The lowest BCUT2D eigenvalue weighted by molar-refractivity contribution is 0.0641. The number of aliphatic imine (C=N–C) groups is 1. The maximum absolute atomic E-state index is 9.28. The zero-order valence-corrected chi connectivity index (χ0v) is 6.91. The molecule has 10 heavy (non-hydrogen) atoms. The summed E-state index contributed by atoms with van der Waals surface area (Å²) in [4.78, 5) is 5.48. The van der Waals surface area contributed by atoms with Crippen molar-refractivity contribution in [3.8, 4) is 0 Å². The summed E-state index contributed by atoms with van der Waals surface area (Å²) >= 11 is 0. The summed E-state index contributed by atoms with van der Waals surface area (Å²) in [6.07, 6.45) is 3.03. The molecule has 1 atom stereocenters. The van der Waals surface area contributed by atoms with E-state index < -0.39 is 0 Å². The molecule has 0 saturated carbocycles. The van der Waals surface area contributed by atoms with Crippen molar-refractivity contribution in [3.63, 3.8) is 0 Å². The van der Waals surface area contributed by atoms with E-state index in [9.17, 15) is 5.11 Å². The van der Waals surface area contributed by atoms with Gasteiger partial charge in [-0.1, -0.05) is 13.3 Å². The fourth-order valence-corrected chi connectivity index (χ4v) is 0.721. The highest BCUT2D eigenvalue weighted by atomic mass is 16.3. The number of aliphatic hydroxyl groups is 1. The first kappa shape index (κ1) is 9.43. The van der Waals surface area contributed by atoms with Crippen LogP contribution in [0.25, 0.3) is 0 Å². The Labute approximate surface area is 62.4 Å². The van der Waals surface area contributed by atoms with E-state index in [1.807, 2.05) is 14.0 Å². The number of aliphatic hydroxyl groups excluding tert-OH is 1. The Kier molecular flexibility index (Phi) is 4.94. The van der Waals surface area contributed by atoms with E-state index in [1.54, 1.807) is 18.3 Å². The third kappa shape index (κ3) is 3.45. The molecule has 0 aliphatic rings. The van der Waals surface area contributed by atoms with E-state index in [-0.39, 0.29) is 6.23 Å². The molecule has 60 valence electrons. The Hall–Kier alpha value is -0.570. The van der Waals surface area contributed by atoms with E-state index in [0.29, 0.717) is 0 Å². The highest BCUT2D eigenvalue weighted by Gasteiger charge is 2.04. The van der Waals surface area contributed by atoms with E-state index in [0.717, 1.165) is 12.8 Å². The minimum Gasteiger partial charge on any atom is -0.374 e. The Balaban J connectivity index is 3.58. The van der Waals surface area contributed by atoms with Crippen LogP contribution in [-0.4, -0.2) is 36.7 Å². The summed E-state index contributed by atoms with van der Waals surface area (Å²) in [5.74, 6) is 0. The third-order valence-corrected chi connectivity index (χ3v) is 1.31. The molecule has 0 radical (unpaired) electrons. The number of hydrogen-bond donors (Lipinski definition) is 1. The van der Waals surface area contributed by atoms with Gasteiger partial charge in [-0.15, -0.1) is 0 Å². The fraction of sp³-hybridized carbons (Fsp3) is 0.857. The third-order valence-electron chi connectivity index (χ3n) is 1.31. The molecular weight excluding hydrogens is 128 g/mol. The normalized spacial score (nSPS) is 14.0. The summed E-state index contributed by atoms with van der Waals surface area (Å²) in [7, 11) is 3.50. The second-order valence-corrected chi connectivity index (χ2v) is 2.31. The monoisotopic (exact) mass is 144 g/mol. The first-order valence-corrected chi connectivity index (χ1v) is 3.54. The van der Waals surface area contributed by atoms with E-state index >= 15 is 0 Å². The van der Waals surface area contributed by atoms with Crippen molar-refractivity contribution in [1.29, 1.82) is 0 Å². The summed E-state index contributed by atoms with van der Waals surface area (Å²) < 4.78 is 0. The maximum atomic E-state index is 9.28. The van der Waals surface area contributed by atoms with Crippen LogP contribution in [0.15, 0.2) is 4.99 Å². The van der Waals surface area contributed by atoms with E-state index in [4.69, 9.17) is 0 Å². The largest absolute Gasteiger partial charge is 0.374 e. The molecule has 0 rings (SSSR count). The standard InChI is InChI=1S/C7H16N2O/c1-4-5-7(10)9(3)6-8-2/h6-7,10H,4-5H2,1-3H3. The minimum atomic E-state index is -0.381. The molecule has 3 nitrogen and oxygen atoms in total. The van der Waals surface area contributed by atoms with Crippen LogP contribution in [-0.2, 0) is 0 Å². The molecule has 0 spiro atoms. The number of hydrogen-bond acceptors (Lipinski definition) is 2. The molecular formula is C7H16N2O. The van der Waals surface area contributed by atoms with Gasteiger partial charge in [0.25, 0.3) is 0 Å². The van der Waals surface area contributed by atoms with Crippen molar-refractivity contribution in [2.75, 3.05) is 14.1 Å². The summed E-state index contributed by atoms with van der Waals surface area (Å²) in [5.41, 5.74) is 0. The highest BCUT2D eigenvalue weighted by molar-refractivity contribution is 5.54. The van der Waals surface area contributed by atoms with Gasteiger partial charge in [-0.2, -0.15) is 0 Å². The van der Waals surface area contributed by atoms with Gasteiger partial charge in [0.2, 0.25) is 0 Å². The zero-order chi connectivity index (χ0) is 7.98. The lowest BCUT2D eigenvalue weighted by Crippen LogP contribution is -2.29. The number of nitrogens with zero attached hydrogens (tertiary/aromatic N) is 2. The van der Waals surface area contributed by atoms with Crippen molar-refractivity contribution in [3.05, 3.63) is 0 Å². The van der Waals surface area contributed by atoms with E-state index in [2.05, 4.69) is 4.99 Å². The topological polar surface area (TPSA) is 35.8 Å². The van der Waals surface area contributed by atoms with Crippen molar-refractivity contribution >= 4 is 6.34 Å². The van der Waals surface area contributed by atoms with Crippen molar-refractivity contribution < 1.29 is 5.11 Å². The fourth-order valence-electron chi connectivity index (χ4n) is 0.721. The lowest BCUT2D eigenvalue weighted by Gasteiger charge is -2.19. The summed E-state index contributed by atoms with van der Waals surface area (Å²) in [6, 6.07) is 0. The van der Waals surface area contributed by atoms with Gasteiger partial charge in [-0.25, -0.2) is 0 Å². The van der Waals surface area contributed by atoms with Crippen LogP contribution in [0.3, 0.4) is 0 Å². The van der Waals surface area contributed by atoms with Gasteiger partial charge in [-0.05, 0) is 6.42 Å². The molecule has 0 saturated heterocycles. The molecule has 0 aliphatic carbocycles. The molecule has 0 aromatic heterocycles. The molecule has 3 heteroatoms. The predicted molar refractivity (Wildman–Crippen MR) is 43.1 cm³/mol. The van der Waals surface area contributed by atoms with Crippen LogP contribution in [0, 0.1) is 0 Å². The van der Waals surface area contributed by atoms with Crippen molar-refractivity contribution in [2.24, 2.45) is 4.99 Å². The molecule has 0 aliphatic heterocycles. The molecule has 1 unspecified atom stereocenters. The molecule has 0 aromatic rings. The Morgan fingerprint density at radius 3 is 2.70 bits per heavy atom. The van der Waals surface area contributed by atoms with Gasteiger partial charge in [0.15, 0.2) is 0 Å². The predicted octanol–water partition coefficient (Wildman–Crippen LogP) is 0.695. The van der Waals surface area contributed by atoms with Crippen LogP contribution in [0.2, 0.25) is 0 Å². The molecule has 0 heterocycles. The molecule has 0 aromatic carbocycles. The van der Waals surface area contributed by atoms with Crippen LogP contribution >= 0.6 is 0 Å². The van der Waals surface area contributed by atoms with Crippen LogP contribution < -0.4 is 0 Å². The average molecular weight is 144 g/mol. The smallest absolute Gasteiger partial charge is 0.127 e. The molecule has 0 fully saturated rings.